The van der Waals surface area contributed by atoms with E-state index in [1.807, 2.05) is 0 Å². The van der Waals surface area contributed by atoms with Gasteiger partial charge in [-0.15, -0.1) is 0 Å². The average molecular weight is 176 g/mol. The smallest absolute Gasteiger partial charge is 0.133 e. The Labute approximate surface area is 79.2 Å². The zero-order valence-electron chi connectivity index (χ0n) is 8.01. The van der Waals surface area contributed by atoms with E-state index in [2.05, 4.69) is 6.58 Å². The third kappa shape index (κ3) is 0.905. The van der Waals surface area contributed by atoms with Crippen LogP contribution in [0, 0.1) is 17.3 Å². The Kier molecular flexibility index (Phi) is 1.35. The molecule has 1 spiro atoms. The van der Waals surface area contributed by atoms with Crippen molar-refractivity contribution in [1.29, 1.82) is 0 Å². The number of carbonyl (C=O) groups is 1. The molecule has 0 N–H and O–H groups in total. The van der Waals surface area contributed by atoms with Crippen molar-refractivity contribution in [2.75, 3.05) is 0 Å². The molecule has 1 nitrogen and oxygen atoms in total. The van der Waals surface area contributed by atoms with Crippen LogP contribution in [0.5, 0.6) is 0 Å². The van der Waals surface area contributed by atoms with Crippen molar-refractivity contribution >= 4 is 5.78 Å². The Morgan fingerprint density at radius 2 is 2.31 bits per heavy atom. The normalized spacial score (nSPS) is 48.3. The molecular formula is C12H16O. The van der Waals surface area contributed by atoms with Crippen LogP contribution >= 0.6 is 0 Å². The molecule has 0 aliphatic heterocycles. The number of allylic oxidation sites excluding steroid dienone is 1. The molecule has 2 bridgehead atoms. The van der Waals surface area contributed by atoms with Crippen LogP contribution in [-0.4, -0.2) is 5.78 Å². The van der Waals surface area contributed by atoms with Crippen LogP contribution in [-0.2, 0) is 4.79 Å². The predicted octanol–water partition coefficient (Wildman–Crippen LogP) is 2.71. The van der Waals surface area contributed by atoms with E-state index in [-0.39, 0.29) is 0 Å². The molecular weight excluding hydrogens is 160 g/mol. The summed E-state index contributed by atoms with van der Waals surface area (Å²) in [5.41, 5.74) is 2.01. The third-order valence-electron chi connectivity index (χ3n) is 4.62. The van der Waals surface area contributed by atoms with Gasteiger partial charge < -0.3 is 0 Å². The van der Waals surface area contributed by atoms with E-state index in [1.165, 1.54) is 24.8 Å². The van der Waals surface area contributed by atoms with Gasteiger partial charge in [0, 0.05) is 12.8 Å². The van der Waals surface area contributed by atoms with E-state index in [4.69, 9.17) is 0 Å². The van der Waals surface area contributed by atoms with Gasteiger partial charge in [-0.05, 0) is 42.9 Å². The molecule has 70 valence electrons. The molecule has 3 aliphatic carbocycles. The first-order valence-electron chi connectivity index (χ1n) is 5.39. The molecule has 0 saturated heterocycles. The lowest BCUT2D eigenvalue weighted by Gasteiger charge is -2.38. The predicted molar refractivity (Wildman–Crippen MR) is 51.3 cm³/mol. The SMILES string of the molecule is C=C1C[C@@]23CCC(=O)C[C@H]2C[C@@H]1C3. The van der Waals surface area contributed by atoms with Gasteiger partial charge in [-0.3, -0.25) is 4.79 Å². The highest BCUT2D eigenvalue weighted by atomic mass is 16.1. The van der Waals surface area contributed by atoms with Crippen LogP contribution in [0.25, 0.3) is 0 Å². The second kappa shape index (κ2) is 2.26. The van der Waals surface area contributed by atoms with Crippen LogP contribution in [0.3, 0.4) is 0 Å². The Balaban J connectivity index is 1.93. The summed E-state index contributed by atoms with van der Waals surface area (Å²) < 4.78 is 0. The fraction of sp³-hybridized carbons (Fsp3) is 0.750. The first-order valence-corrected chi connectivity index (χ1v) is 5.39. The summed E-state index contributed by atoms with van der Waals surface area (Å²) in [6.07, 6.45) is 6.73. The second-order valence-corrected chi connectivity index (χ2v) is 5.27. The second-order valence-electron chi connectivity index (χ2n) is 5.27. The van der Waals surface area contributed by atoms with Gasteiger partial charge in [0.05, 0.1) is 0 Å². The number of hydrogen-bond donors (Lipinski definition) is 0. The van der Waals surface area contributed by atoms with Crippen molar-refractivity contribution in [2.45, 2.75) is 38.5 Å². The highest BCUT2D eigenvalue weighted by Crippen LogP contribution is 2.64. The number of fused-ring (bicyclic) bond motifs is 1. The fourth-order valence-electron chi connectivity index (χ4n) is 3.92. The lowest BCUT2D eigenvalue weighted by Crippen LogP contribution is -2.32. The van der Waals surface area contributed by atoms with Crippen LogP contribution in [0.15, 0.2) is 12.2 Å². The van der Waals surface area contributed by atoms with Crippen LogP contribution in [0.2, 0.25) is 0 Å². The minimum Gasteiger partial charge on any atom is -0.300 e. The largest absolute Gasteiger partial charge is 0.300 e. The van der Waals surface area contributed by atoms with Crippen LogP contribution in [0.4, 0.5) is 0 Å². The fourth-order valence-corrected chi connectivity index (χ4v) is 3.92. The minimum absolute atomic E-state index is 0.508. The first kappa shape index (κ1) is 7.78. The van der Waals surface area contributed by atoms with Gasteiger partial charge in [0.2, 0.25) is 0 Å². The number of hydrogen-bond acceptors (Lipinski definition) is 1. The number of rotatable bonds is 0. The van der Waals surface area contributed by atoms with Crippen LogP contribution < -0.4 is 0 Å². The molecule has 13 heavy (non-hydrogen) atoms. The average Bonchev–Trinajstić information content (AvgIpc) is 2.56. The maximum atomic E-state index is 11.3. The summed E-state index contributed by atoms with van der Waals surface area (Å²) in [5.74, 6) is 2.01. The number of carbonyl (C=O) groups excluding carboxylic acids is 1. The number of Topliss-reactive ketones (excluding diaryl/α,β-unsaturated/α-hetero) is 1. The van der Waals surface area contributed by atoms with Crippen molar-refractivity contribution in [2.24, 2.45) is 17.3 Å². The Morgan fingerprint density at radius 3 is 3.08 bits per heavy atom. The zero-order chi connectivity index (χ0) is 9.05. The molecule has 0 radical (unpaired) electrons. The Hall–Kier alpha value is -0.590. The van der Waals surface area contributed by atoms with E-state index in [0.29, 0.717) is 11.2 Å². The molecule has 3 saturated carbocycles. The molecule has 0 amide bonds. The van der Waals surface area contributed by atoms with Crippen LogP contribution in [0.1, 0.15) is 38.5 Å². The van der Waals surface area contributed by atoms with Crippen molar-refractivity contribution in [3.63, 3.8) is 0 Å². The topological polar surface area (TPSA) is 17.1 Å². The van der Waals surface area contributed by atoms with Gasteiger partial charge >= 0.3 is 0 Å². The van der Waals surface area contributed by atoms with Gasteiger partial charge in [0.25, 0.3) is 0 Å². The molecule has 0 aromatic rings. The highest BCUT2D eigenvalue weighted by molar-refractivity contribution is 5.80. The van der Waals surface area contributed by atoms with E-state index >= 15 is 0 Å². The first-order chi connectivity index (χ1) is 6.20. The summed E-state index contributed by atoms with van der Waals surface area (Å²) in [6, 6.07) is 0. The Morgan fingerprint density at radius 1 is 1.46 bits per heavy atom. The van der Waals surface area contributed by atoms with Crippen molar-refractivity contribution < 1.29 is 4.79 Å². The molecule has 0 heterocycles. The molecule has 1 heteroatoms. The summed E-state index contributed by atoms with van der Waals surface area (Å²) in [5, 5.41) is 0. The molecule has 3 aliphatic rings. The zero-order valence-corrected chi connectivity index (χ0v) is 8.01. The summed E-state index contributed by atoms with van der Waals surface area (Å²) in [7, 11) is 0. The van der Waals surface area contributed by atoms with Crippen molar-refractivity contribution in [3.8, 4) is 0 Å². The lowest BCUT2D eigenvalue weighted by molar-refractivity contribution is -0.124. The van der Waals surface area contributed by atoms with E-state index in [1.54, 1.807) is 0 Å². The molecule has 3 fully saturated rings. The molecule has 0 aromatic heterocycles. The van der Waals surface area contributed by atoms with E-state index in [0.717, 1.165) is 31.1 Å². The molecule has 3 rings (SSSR count). The van der Waals surface area contributed by atoms with Gasteiger partial charge in [-0.1, -0.05) is 12.2 Å². The highest BCUT2D eigenvalue weighted by Gasteiger charge is 2.55. The maximum absolute atomic E-state index is 11.3. The molecule has 0 unspecified atom stereocenters. The van der Waals surface area contributed by atoms with Gasteiger partial charge in [0.15, 0.2) is 0 Å². The lowest BCUT2D eigenvalue weighted by atomic mass is 9.65. The maximum Gasteiger partial charge on any atom is 0.133 e. The third-order valence-corrected chi connectivity index (χ3v) is 4.62. The van der Waals surface area contributed by atoms with Gasteiger partial charge in [-0.25, -0.2) is 0 Å². The van der Waals surface area contributed by atoms with E-state index < -0.39 is 0 Å². The van der Waals surface area contributed by atoms with Gasteiger partial charge in [0.1, 0.15) is 5.78 Å². The van der Waals surface area contributed by atoms with Crippen molar-refractivity contribution in [1.82, 2.24) is 0 Å². The monoisotopic (exact) mass is 176 g/mol. The minimum atomic E-state index is 0.508. The quantitative estimate of drug-likeness (QED) is 0.519. The number of ketones is 1. The van der Waals surface area contributed by atoms with Gasteiger partial charge in [-0.2, -0.15) is 0 Å². The summed E-state index contributed by atoms with van der Waals surface area (Å²) in [6.45, 7) is 4.16. The Bertz CT molecular complexity index is 291. The standard InChI is InChI=1S/C12H16O/c1-8-6-12-3-2-11(13)5-10(12)4-9(8)7-12/h9-10H,1-7H2/t9-,10-,12-/m1/s1. The van der Waals surface area contributed by atoms with E-state index in [9.17, 15) is 4.79 Å². The van der Waals surface area contributed by atoms with Crippen molar-refractivity contribution in [3.05, 3.63) is 12.2 Å². The summed E-state index contributed by atoms with van der Waals surface area (Å²) >= 11 is 0. The molecule has 3 atom stereocenters. The summed E-state index contributed by atoms with van der Waals surface area (Å²) in [4.78, 5) is 11.3. The molecule has 0 aromatic carbocycles.